The second-order valence-corrected chi connectivity index (χ2v) is 9.08. The Labute approximate surface area is 188 Å². The third-order valence-electron chi connectivity index (χ3n) is 7.11. The molecule has 3 aliphatic heterocycles. The summed E-state index contributed by atoms with van der Waals surface area (Å²) in [5.74, 6) is 0.791. The predicted octanol–water partition coefficient (Wildman–Crippen LogP) is 1.30. The number of Topliss-reactive ketones (excluding diaryl/α,β-unsaturated/α-hetero) is 1. The Balaban J connectivity index is 1.32. The highest BCUT2D eigenvalue weighted by molar-refractivity contribution is 6.00. The molecular weight excluding hydrogens is 406 g/mol. The molecule has 9 heteroatoms. The third kappa shape index (κ3) is 4.27. The molecule has 2 aromatic rings. The average Bonchev–Trinajstić information content (AvgIpc) is 3.29. The molecule has 3 fully saturated rings. The Kier molecular flexibility index (Phi) is 5.93. The molecule has 0 unspecified atom stereocenters. The summed E-state index contributed by atoms with van der Waals surface area (Å²) in [5, 5.41) is 3.50. The van der Waals surface area contributed by atoms with Crippen LogP contribution < -0.4 is 20.9 Å². The summed E-state index contributed by atoms with van der Waals surface area (Å²) < 4.78 is 5.46. The predicted molar refractivity (Wildman–Crippen MR) is 123 cm³/mol. The molecule has 3 aliphatic rings. The number of nitrogen functional groups attached to an aromatic ring is 1. The number of carbonyl (C=O) groups excluding carboxylic acids is 1. The van der Waals surface area contributed by atoms with E-state index in [9.17, 15) is 4.79 Å². The summed E-state index contributed by atoms with van der Waals surface area (Å²) in [7, 11) is 0. The van der Waals surface area contributed by atoms with Crippen molar-refractivity contribution in [2.24, 2.45) is 5.41 Å². The van der Waals surface area contributed by atoms with Crippen molar-refractivity contribution in [1.82, 2.24) is 20.3 Å². The number of piperidine rings is 1. The molecule has 32 heavy (non-hydrogen) atoms. The van der Waals surface area contributed by atoms with Gasteiger partial charge in [0.2, 0.25) is 0 Å². The monoisotopic (exact) mass is 437 g/mol. The summed E-state index contributed by atoms with van der Waals surface area (Å²) in [4.78, 5) is 30.9. The van der Waals surface area contributed by atoms with Gasteiger partial charge in [0.25, 0.3) is 0 Å². The van der Waals surface area contributed by atoms with E-state index in [4.69, 9.17) is 10.5 Å². The zero-order valence-electron chi connectivity index (χ0n) is 18.4. The number of nitrogens with two attached hydrogens (primary N) is 1. The van der Waals surface area contributed by atoms with Crippen LogP contribution in [0.3, 0.4) is 0 Å². The van der Waals surface area contributed by atoms with Gasteiger partial charge in [-0.15, -0.1) is 0 Å². The Morgan fingerprint density at radius 1 is 1.12 bits per heavy atom. The van der Waals surface area contributed by atoms with Crippen molar-refractivity contribution in [2.75, 3.05) is 68.0 Å². The van der Waals surface area contributed by atoms with Gasteiger partial charge in [0.05, 0.1) is 19.4 Å². The topological polar surface area (TPSA) is 109 Å². The first kappa shape index (κ1) is 21.1. The fourth-order valence-electron chi connectivity index (χ4n) is 5.10. The van der Waals surface area contributed by atoms with Crippen LogP contribution in [0.2, 0.25) is 0 Å². The van der Waals surface area contributed by atoms with Crippen molar-refractivity contribution < 1.29 is 9.53 Å². The molecule has 2 aromatic heterocycles. The van der Waals surface area contributed by atoms with Crippen molar-refractivity contribution in [3.8, 4) is 0 Å². The van der Waals surface area contributed by atoms with Gasteiger partial charge < -0.3 is 25.6 Å². The maximum Gasteiger partial charge on any atom is 0.189 e. The average molecular weight is 438 g/mol. The summed E-state index contributed by atoms with van der Waals surface area (Å²) in [5.41, 5.74) is 8.65. The molecule has 9 nitrogen and oxygen atoms in total. The number of carbonyl (C=O) groups is 1. The maximum atomic E-state index is 13.2. The van der Waals surface area contributed by atoms with Gasteiger partial charge >= 0.3 is 0 Å². The number of ketones is 1. The molecule has 5 heterocycles. The zero-order valence-corrected chi connectivity index (χ0v) is 18.4. The molecule has 170 valence electrons. The fraction of sp³-hybridized carbons (Fsp3) is 0.565. The van der Waals surface area contributed by atoms with Crippen LogP contribution in [0.5, 0.6) is 0 Å². The Hall–Kier alpha value is -2.78. The van der Waals surface area contributed by atoms with Gasteiger partial charge in [0.15, 0.2) is 17.3 Å². The van der Waals surface area contributed by atoms with E-state index >= 15 is 0 Å². The van der Waals surface area contributed by atoms with Crippen molar-refractivity contribution in [3.05, 3.63) is 35.9 Å². The number of nitrogens with zero attached hydrogens (tertiary/aromatic N) is 5. The van der Waals surface area contributed by atoms with Crippen molar-refractivity contribution >= 4 is 23.1 Å². The van der Waals surface area contributed by atoms with E-state index in [1.165, 1.54) is 6.42 Å². The van der Waals surface area contributed by atoms with Gasteiger partial charge in [-0.05, 0) is 37.3 Å². The Bertz CT molecular complexity index is 961. The quantitative estimate of drug-likeness (QED) is 0.669. The first-order valence-electron chi connectivity index (χ1n) is 11.5. The standard InChI is InChI=1S/C23H31N7O2/c24-22-21(19(31)13-17-14-25-5-1-18(17)29-9-11-32-12-10-29)28-20(15-27-22)30-7-3-23(4-8-30)2-6-26-16-23/h1,5,14-15,26H,2-4,6-13,16H2,(H2,24,27). The second-order valence-electron chi connectivity index (χ2n) is 9.08. The highest BCUT2D eigenvalue weighted by Gasteiger charge is 2.37. The van der Waals surface area contributed by atoms with Crippen molar-refractivity contribution in [2.45, 2.75) is 25.7 Å². The van der Waals surface area contributed by atoms with E-state index < -0.39 is 0 Å². The Morgan fingerprint density at radius 3 is 2.69 bits per heavy atom. The molecule has 0 bridgehead atoms. The molecule has 0 aromatic carbocycles. The number of nitrogens with one attached hydrogen (secondary N) is 1. The van der Waals surface area contributed by atoms with Crippen LogP contribution in [0, 0.1) is 5.41 Å². The molecule has 0 amide bonds. The van der Waals surface area contributed by atoms with E-state index in [-0.39, 0.29) is 23.7 Å². The van der Waals surface area contributed by atoms with E-state index in [0.29, 0.717) is 18.6 Å². The highest BCUT2D eigenvalue weighted by atomic mass is 16.5. The van der Waals surface area contributed by atoms with Crippen molar-refractivity contribution in [3.63, 3.8) is 0 Å². The van der Waals surface area contributed by atoms with Crippen LogP contribution >= 0.6 is 0 Å². The summed E-state index contributed by atoms with van der Waals surface area (Å²) in [6, 6.07) is 1.96. The minimum absolute atomic E-state index is 0.132. The molecule has 5 rings (SSSR count). The summed E-state index contributed by atoms with van der Waals surface area (Å²) in [6.45, 7) is 7.04. The molecule has 0 saturated carbocycles. The lowest BCUT2D eigenvalue weighted by molar-refractivity contribution is 0.0988. The molecule has 3 N–H and O–H groups in total. The van der Waals surface area contributed by atoms with Gasteiger partial charge in [0, 0.05) is 62.8 Å². The summed E-state index contributed by atoms with van der Waals surface area (Å²) in [6.07, 6.45) is 8.92. The number of morpholine rings is 1. The van der Waals surface area contributed by atoms with E-state index in [2.05, 4.69) is 30.1 Å². The normalized spacial score (nSPS) is 20.6. The number of rotatable bonds is 5. The molecule has 3 saturated heterocycles. The SMILES string of the molecule is Nc1ncc(N2CCC3(CCNC3)CC2)nc1C(=O)Cc1cnccc1N1CCOCC1. The highest BCUT2D eigenvalue weighted by Crippen LogP contribution is 2.38. The third-order valence-corrected chi connectivity index (χ3v) is 7.11. The van der Waals surface area contributed by atoms with Crippen LogP contribution in [0.25, 0.3) is 0 Å². The lowest BCUT2D eigenvalue weighted by Gasteiger charge is -2.39. The number of aromatic nitrogens is 3. The molecule has 0 aliphatic carbocycles. The van der Waals surface area contributed by atoms with Crippen LogP contribution in [-0.2, 0) is 11.2 Å². The van der Waals surface area contributed by atoms with E-state index in [1.807, 2.05) is 6.07 Å². The summed E-state index contributed by atoms with van der Waals surface area (Å²) >= 11 is 0. The minimum Gasteiger partial charge on any atom is -0.382 e. The van der Waals surface area contributed by atoms with E-state index in [0.717, 1.165) is 69.2 Å². The number of hydrogen-bond acceptors (Lipinski definition) is 9. The van der Waals surface area contributed by atoms with Crippen LogP contribution in [0.1, 0.15) is 35.3 Å². The first-order chi connectivity index (χ1) is 15.6. The smallest absolute Gasteiger partial charge is 0.189 e. The minimum atomic E-state index is -0.132. The molecule has 0 radical (unpaired) electrons. The number of anilines is 3. The van der Waals surface area contributed by atoms with Gasteiger partial charge in [-0.25, -0.2) is 9.97 Å². The van der Waals surface area contributed by atoms with Gasteiger partial charge in [-0.2, -0.15) is 0 Å². The zero-order chi connectivity index (χ0) is 22.0. The van der Waals surface area contributed by atoms with Crippen LogP contribution in [0.15, 0.2) is 24.7 Å². The van der Waals surface area contributed by atoms with Crippen molar-refractivity contribution in [1.29, 1.82) is 0 Å². The van der Waals surface area contributed by atoms with Gasteiger partial charge in [-0.3, -0.25) is 9.78 Å². The largest absolute Gasteiger partial charge is 0.382 e. The second kappa shape index (κ2) is 8.99. The fourth-order valence-corrected chi connectivity index (χ4v) is 5.10. The first-order valence-corrected chi connectivity index (χ1v) is 11.5. The van der Waals surface area contributed by atoms with E-state index in [1.54, 1.807) is 18.6 Å². The maximum absolute atomic E-state index is 13.2. The molecular formula is C23H31N7O2. The van der Waals surface area contributed by atoms with Gasteiger partial charge in [0.1, 0.15) is 5.82 Å². The number of ether oxygens (including phenoxy) is 1. The molecule has 1 spiro atoms. The Morgan fingerprint density at radius 2 is 1.94 bits per heavy atom. The van der Waals surface area contributed by atoms with Crippen LogP contribution in [0.4, 0.5) is 17.3 Å². The lowest BCUT2D eigenvalue weighted by Crippen LogP contribution is -2.41. The van der Waals surface area contributed by atoms with Gasteiger partial charge in [-0.1, -0.05) is 0 Å². The lowest BCUT2D eigenvalue weighted by atomic mass is 9.78. The molecule has 0 atom stereocenters. The van der Waals surface area contributed by atoms with Crippen LogP contribution in [-0.4, -0.2) is 73.2 Å². The number of pyridine rings is 1. The number of hydrogen-bond donors (Lipinski definition) is 2.